The molecule has 0 fully saturated rings. The second-order valence-corrected chi connectivity index (χ2v) is 3.73. The SMILES string of the molecule is CNC(=O)COc1cc(C(=O)O)ccc1NC(=O)CN. The summed E-state index contributed by atoms with van der Waals surface area (Å²) in [6.07, 6.45) is 0. The van der Waals surface area contributed by atoms with Crippen molar-refractivity contribution in [1.29, 1.82) is 0 Å². The van der Waals surface area contributed by atoms with E-state index in [9.17, 15) is 14.4 Å². The molecule has 2 amide bonds. The smallest absolute Gasteiger partial charge is 0.335 e. The van der Waals surface area contributed by atoms with E-state index < -0.39 is 11.9 Å². The van der Waals surface area contributed by atoms with Gasteiger partial charge in [-0.3, -0.25) is 9.59 Å². The van der Waals surface area contributed by atoms with Gasteiger partial charge in [-0.1, -0.05) is 0 Å². The number of ether oxygens (including phenoxy) is 1. The molecule has 0 heterocycles. The Bertz CT molecular complexity index is 530. The fourth-order valence-electron chi connectivity index (χ4n) is 1.29. The first-order valence-electron chi connectivity index (χ1n) is 5.68. The fraction of sp³-hybridized carbons (Fsp3) is 0.250. The Labute approximate surface area is 114 Å². The van der Waals surface area contributed by atoms with Gasteiger partial charge in [-0.25, -0.2) is 4.79 Å². The zero-order valence-corrected chi connectivity index (χ0v) is 10.8. The topological polar surface area (TPSA) is 131 Å². The summed E-state index contributed by atoms with van der Waals surface area (Å²) in [6.45, 7) is -0.527. The lowest BCUT2D eigenvalue weighted by Crippen LogP contribution is -2.26. The minimum absolute atomic E-state index is 0.0253. The monoisotopic (exact) mass is 281 g/mol. The lowest BCUT2D eigenvalue weighted by Gasteiger charge is -2.12. The second-order valence-electron chi connectivity index (χ2n) is 3.73. The quantitative estimate of drug-likeness (QED) is 0.551. The Hall–Kier alpha value is -2.61. The molecule has 20 heavy (non-hydrogen) atoms. The number of carboxylic acids is 1. The highest BCUT2D eigenvalue weighted by atomic mass is 16.5. The minimum Gasteiger partial charge on any atom is -0.482 e. The largest absolute Gasteiger partial charge is 0.482 e. The van der Waals surface area contributed by atoms with Crippen LogP contribution in [0.1, 0.15) is 10.4 Å². The summed E-state index contributed by atoms with van der Waals surface area (Å²) in [5.41, 5.74) is 5.40. The number of nitrogens with one attached hydrogen (secondary N) is 2. The fourth-order valence-corrected chi connectivity index (χ4v) is 1.29. The molecule has 0 aliphatic carbocycles. The third kappa shape index (κ3) is 4.25. The third-order valence-corrected chi connectivity index (χ3v) is 2.33. The maximum absolute atomic E-state index is 11.3. The molecule has 0 radical (unpaired) electrons. The summed E-state index contributed by atoms with van der Waals surface area (Å²) in [4.78, 5) is 33.3. The summed E-state index contributed by atoms with van der Waals surface area (Å²) in [7, 11) is 1.44. The molecule has 0 saturated carbocycles. The van der Waals surface area contributed by atoms with Crippen molar-refractivity contribution >= 4 is 23.5 Å². The Balaban J connectivity index is 2.99. The van der Waals surface area contributed by atoms with Gasteiger partial charge in [0.2, 0.25) is 5.91 Å². The molecule has 108 valence electrons. The van der Waals surface area contributed by atoms with Crippen LogP contribution in [0, 0.1) is 0 Å². The van der Waals surface area contributed by atoms with Crippen LogP contribution >= 0.6 is 0 Å². The number of anilines is 1. The zero-order valence-electron chi connectivity index (χ0n) is 10.8. The molecule has 1 rings (SSSR count). The van der Waals surface area contributed by atoms with Crippen LogP contribution in [-0.2, 0) is 9.59 Å². The van der Waals surface area contributed by atoms with E-state index in [-0.39, 0.29) is 36.1 Å². The van der Waals surface area contributed by atoms with E-state index in [1.165, 1.54) is 25.2 Å². The number of carboxylic acid groups (broad SMARTS) is 1. The van der Waals surface area contributed by atoms with Gasteiger partial charge in [0.05, 0.1) is 17.8 Å². The molecule has 0 saturated heterocycles. The molecule has 1 aromatic rings. The van der Waals surface area contributed by atoms with Gasteiger partial charge in [0, 0.05) is 7.05 Å². The van der Waals surface area contributed by atoms with E-state index in [2.05, 4.69) is 10.6 Å². The van der Waals surface area contributed by atoms with Crippen molar-refractivity contribution in [1.82, 2.24) is 5.32 Å². The van der Waals surface area contributed by atoms with Gasteiger partial charge in [0.15, 0.2) is 6.61 Å². The summed E-state index contributed by atoms with van der Waals surface area (Å²) >= 11 is 0. The van der Waals surface area contributed by atoms with Crippen LogP contribution in [0.4, 0.5) is 5.69 Å². The summed E-state index contributed by atoms with van der Waals surface area (Å²) in [6, 6.07) is 3.90. The van der Waals surface area contributed by atoms with Crippen LogP contribution in [-0.4, -0.2) is 43.1 Å². The van der Waals surface area contributed by atoms with Gasteiger partial charge in [0.25, 0.3) is 5.91 Å². The lowest BCUT2D eigenvalue weighted by molar-refractivity contribution is -0.122. The van der Waals surface area contributed by atoms with Crippen molar-refractivity contribution in [3.05, 3.63) is 23.8 Å². The normalized spacial score (nSPS) is 9.70. The van der Waals surface area contributed by atoms with Gasteiger partial charge >= 0.3 is 5.97 Å². The summed E-state index contributed by atoms with van der Waals surface area (Å²) in [5, 5.41) is 13.7. The highest BCUT2D eigenvalue weighted by Gasteiger charge is 2.12. The number of aromatic carboxylic acids is 1. The predicted molar refractivity (Wildman–Crippen MR) is 70.6 cm³/mol. The van der Waals surface area contributed by atoms with Crippen LogP contribution in [0.25, 0.3) is 0 Å². The van der Waals surface area contributed by atoms with Crippen LogP contribution in [0.5, 0.6) is 5.75 Å². The Morgan fingerprint density at radius 1 is 1.30 bits per heavy atom. The van der Waals surface area contributed by atoms with E-state index >= 15 is 0 Å². The van der Waals surface area contributed by atoms with Crippen molar-refractivity contribution < 1.29 is 24.2 Å². The van der Waals surface area contributed by atoms with Crippen LogP contribution in [0.3, 0.4) is 0 Å². The van der Waals surface area contributed by atoms with Crippen molar-refractivity contribution in [2.75, 3.05) is 25.5 Å². The molecular weight excluding hydrogens is 266 g/mol. The molecular formula is C12H15N3O5. The van der Waals surface area contributed by atoms with Crippen molar-refractivity contribution in [3.63, 3.8) is 0 Å². The van der Waals surface area contributed by atoms with E-state index in [1.54, 1.807) is 0 Å². The molecule has 0 unspecified atom stereocenters. The highest BCUT2D eigenvalue weighted by Crippen LogP contribution is 2.26. The number of likely N-dealkylation sites (N-methyl/N-ethyl adjacent to an activating group) is 1. The van der Waals surface area contributed by atoms with E-state index in [1.807, 2.05) is 0 Å². The molecule has 5 N–H and O–H groups in total. The Kier molecular flexibility index (Phi) is 5.48. The number of rotatable bonds is 6. The van der Waals surface area contributed by atoms with Crippen LogP contribution in [0.2, 0.25) is 0 Å². The molecule has 0 atom stereocenters. The first kappa shape index (κ1) is 15.4. The number of amides is 2. The maximum atomic E-state index is 11.3. The molecule has 1 aromatic carbocycles. The minimum atomic E-state index is -1.15. The Morgan fingerprint density at radius 3 is 2.55 bits per heavy atom. The molecule has 0 aliphatic heterocycles. The third-order valence-electron chi connectivity index (χ3n) is 2.33. The predicted octanol–water partition coefficient (Wildman–Crippen LogP) is -0.593. The molecule has 0 spiro atoms. The number of nitrogens with two attached hydrogens (primary N) is 1. The van der Waals surface area contributed by atoms with Crippen molar-refractivity contribution in [3.8, 4) is 5.75 Å². The zero-order chi connectivity index (χ0) is 15.1. The number of carbonyl (C=O) groups excluding carboxylic acids is 2. The Morgan fingerprint density at radius 2 is 2.00 bits per heavy atom. The van der Waals surface area contributed by atoms with Gasteiger partial charge in [-0.15, -0.1) is 0 Å². The van der Waals surface area contributed by atoms with Gasteiger partial charge < -0.3 is 26.2 Å². The van der Waals surface area contributed by atoms with Crippen LogP contribution in [0.15, 0.2) is 18.2 Å². The standard InChI is InChI=1S/C12H15N3O5/c1-14-11(17)6-20-9-4-7(12(18)19)2-3-8(9)15-10(16)5-13/h2-4H,5-6,13H2,1H3,(H,14,17)(H,15,16)(H,18,19). The molecule has 0 aromatic heterocycles. The summed E-state index contributed by atoms with van der Waals surface area (Å²) in [5.74, 6) is -1.92. The van der Waals surface area contributed by atoms with Gasteiger partial charge in [-0.2, -0.15) is 0 Å². The van der Waals surface area contributed by atoms with Crippen LogP contribution < -0.4 is 21.1 Å². The van der Waals surface area contributed by atoms with Crippen molar-refractivity contribution in [2.45, 2.75) is 0 Å². The number of hydrogen-bond donors (Lipinski definition) is 4. The average Bonchev–Trinajstić information content (AvgIpc) is 2.45. The van der Waals surface area contributed by atoms with Gasteiger partial charge in [0.1, 0.15) is 5.75 Å². The first-order chi connectivity index (χ1) is 9.47. The number of carbonyl (C=O) groups is 3. The number of hydrogen-bond acceptors (Lipinski definition) is 5. The number of benzene rings is 1. The van der Waals surface area contributed by atoms with Crippen molar-refractivity contribution in [2.24, 2.45) is 5.73 Å². The van der Waals surface area contributed by atoms with E-state index in [4.69, 9.17) is 15.6 Å². The maximum Gasteiger partial charge on any atom is 0.335 e. The molecule has 0 bridgehead atoms. The molecule has 8 nitrogen and oxygen atoms in total. The lowest BCUT2D eigenvalue weighted by atomic mass is 10.2. The first-order valence-corrected chi connectivity index (χ1v) is 5.68. The average molecular weight is 281 g/mol. The van der Waals surface area contributed by atoms with E-state index in [0.29, 0.717) is 0 Å². The second kappa shape index (κ2) is 7.10. The molecule has 0 aliphatic rings. The highest BCUT2D eigenvalue weighted by molar-refractivity contribution is 5.95. The van der Waals surface area contributed by atoms with E-state index in [0.717, 1.165) is 0 Å². The molecule has 8 heteroatoms. The van der Waals surface area contributed by atoms with Gasteiger partial charge in [-0.05, 0) is 18.2 Å². The summed E-state index contributed by atoms with van der Waals surface area (Å²) < 4.78 is 5.20.